The molecule has 172 valence electrons. The lowest BCUT2D eigenvalue weighted by Gasteiger charge is -2.35. The third-order valence-electron chi connectivity index (χ3n) is 6.52. The first-order valence-corrected chi connectivity index (χ1v) is 13.0. The van der Waals surface area contributed by atoms with E-state index in [0.717, 1.165) is 30.0 Å². The van der Waals surface area contributed by atoms with Crippen molar-refractivity contribution in [1.82, 2.24) is 0 Å². The van der Waals surface area contributed by atoms with Crippen LogP contribution in [0.1, 0.15) is 37.5 Å². The van der Waals surface area contributed by atoms with Gasteiger partial charge in [0.2, 0.25) is 10.0 Å². The summed E-state index contributed by atoms with van der Waals surface area (Å²) in [5, 5.41) is 5.20. The largest absolute Gasteiger partial charge is 0.476 e. The van der Waals surface area contributed by atoms with Crippen molar-refractivity contribution in [2.24, 2.45) is 0 Å². The first-order valence-electron chi connectivity index (χ1n) is 11.2. The maximum atomic E-state index is 13.2. The molecule has 0 radical (unpaired) electrons. The Hall–Kier alpha value is -3.06. The SMILES string of the molecule is CC(C)(C)c1ccc2c(c1)N(S(C)(=O)=O)C[C@H](C(=O)Nc1ccc3c4c(cccc14)CC3)O2. The lowest BCUT2D eigenvalue weighted by molar-refractivity contribution is -0.122. The van der Waals surface area contributed by atoms with Crippen LogP contribution >= 0.6 is 0 Å². The molecule has 3 aromatic carbocycles. The third-order valence-corrected chi connectivity index (χ3v) is 7.67. The monoisotopic (exact) mass is 464 g/mol. The Balaban J connectivity index is 1.48. The predicted octanol–water partition coefficient (Wildman–Crippen LogP) is 4.40. The Morgan fingerprint density at radius 1 is 1.06 bits per heavy atom. The fourth-order valence-corrected chi connectivity index (χ4v) is 5.64. The summed E-state index contributed by atoms with van der Waals surface area (Å²) in [6, 6.07) is 15.6. The standard InChI is InChI=1S/C26H28N2O4S/c1-26(2,3)18-11-13-22-21(14-18)28(33(4,30)31)15-23(32-22)25(29)27-20-12-10-17-9-8-16-6-5-7-19(20)24(16)17/h5-7,10-14,23H,8-9,15H2,1-4H3,(H,27,29)/t23-/m1/s1. The molecule has 3 aromatic rings. The molecule has 0 saturated carbocycles. The van der Waals surface area contributed by atoms with Gasteiger partial charge in [-0.15, -0.1) is 0 Å². The second-order valence-electron chi connectivity index (χ2n) is 9.93. The van der Waals surface area contributed by atoms with Crippen LogP contribution < -0.4 is 14.4 Å². The Morgan fingerprint density at radius 2 is 1.79 bits per heavy atom. The minimum Gasteiger partial charge on any atom is -0.476 e. The maximum absolute atomic E-state index is 13.2. The predicted molar refractivity (Wildman–Crippen MR) is 132 cm³/mol. The topological polar surface area (TPSA) is 75.7 Å². The van der Waals surface area contributed by atoms with E-state index in [1.165, 1.54) is 20.8 Å². The normalized spacial score (nSPS) is 17.6. The molecule has 0 saturated heterocycles. The van der Waals surface area contributed by atoms with E-state index in [1.54, 1.807) is 6.07 Å². The molecule has 0 aromatic heterocycles. The molecular weight excluding hydrogens is 436 g/mol. The van der Waals surface area contributed by atoms with E-state index in [4.69, 9.17) is 4.74 Å². The summed E-state index contributed by atoms with van der Waals surface area (Å²) in [6.45, 7) is 6.12. The number of nitrogens with one attached hydrogen (secondary N) is 1. The van der Waals surface area contributed by atoms with E-state index < -0.39 is 16.1 Å². The highest BCUT2D eigenvalue weighted by Gasteiger charge is 2.36. The van der Waals surface area contributed by atoms with Gasteiger partial charge in [0.15, 0.2) is 6.10 Å². The van der Waals surface area contributed by atoms with Gasteiger partial charge < -0.3 is 10.1 Å². The molecule has 6 nitrogen and oxygen atoms in total. The highest BCUT2D eigenvalue weighted by atomic mass is 32.2. The highest BCUT2D eigenvalue weighted by Crippen LogP contribution is 2.39. The fourth-order valence-electron chi connectivity index (χ4n) is 4.74. The average Bonchev–Trinajstić information content (AvgIpc) is 3.17. The molecule has 1 N–H and O–H groups in total. The number of hydrogen-bond acceptors (Lipinski definition) is 4. The number of carbonyl (C=O) groups excluding carboxylic acids is 1. The van der Waals surface area contributed by atoms with E-state index in [-0.39, 0.29) is 17.9 Å². The van der Waals surface area contributed by atoms with Crippen molar-refractivity contribution in [3.63, 3.8) is 0 Å². The summed E-state index contributed by atoms with van der Waals surface area (Å²) in [4.78, 5) is 13.2. The summed E-state index contributed by atoms with van der Waals surface area (Å²) in [7, 11) is -3.61. The molecule has 0 bridgehead atoms. The maximum Gasteiger partial charge on any atom is 0.267 e. The zero-order chi connectivity index (χ0) is 23.5. The van der Waals surface area contributed by atoms with Gasteiger partial charge >= 0.3 is 0 Å². The summed E-state index contributed by atoms with van der Waals surface area (Å²) in [6.07, 6.45) is 2.21. The Kier molecular flexibility index (Phi) is 4.94. The van der Waals surface area contributed by atoms with Crippen molar-refractivity contribution >= 4 is 38.1 Å². The van der Waals surface area contributed by atoms with Crippen molar-refractivity contribution in [3.05, 3.63) is 65.2 Å². The van der Waals surface area contributed by atoms with Crippen LogP contribution in [0, 0.1) is 0 Å². The Morgan fingerprint density at radius 3 is 2.48 bits per heavy atom. The first-order chi connectivity index (χ1) is 15.5. The fraction of sp³-hybridized carbons (Fsp3) is 0.346. The van der Waals surface area contributed by atoms with Crippen LogP contribution in [0.4, 0.5) is 11.4 Å². The number of benzene rings is 3. The number of fused-ring (bicyclic) bond motifs is 1. The molecule has 1 atom stereocenters. The van der Waals surface area contributed by atoms with Gasteiger partial charge in [-0.05, 0) is 58.5 Å². The van der Waals surface area contributed by atoms with Crippen molar-refractivity contribution < 1.29 is 17.9 Å². The molecule has 1 amide bonds. The van der Waals surface area contributed by atoms with Gasteiger partial charge in [0.1, 0.15) is 5.75 Å². The molecule has 5 rings (SSSR count). The number of amides is 1. The lowest BCUT2D eigenvalue weighted by atomic mass is 9.86. The summed E-state index contributed by atoms with van der Waals surface area (Å²) in [5.74, 6) is 0.0214. The second-order valence-corrected chi connectivity index (χ2v) is 11.8. The van der Waals surface area contributed by atoms with Gasteiger partial charge in [-0.1, -0.05) is 51.1 Å². The molecular formula is C26H28N2O4S. The molecule has 1 aliphatic heterocycles. The van der Waals surface area contributed by atoms with E-state index in [9.17, 15) is 13.2 Å². The number of nitrogens with zero attached hydrogens (tertiary/aromatic N) is 1. The van der Waals surface area contributed by atoms with Gasteiger partial charge in [-0.3, -0.25) is 9.10 Å². The summed E-state index contributed by atoms with van der Waals surface area (Å²) < 4.78 is 32.6. The second kappa shape index (κ2) is 7.48. The number of aryl methyl sites for hydroxylation is 2. The van der Waals surface area contributed by atoms with Crippen LogP contribution in [-0.4, -0.2) is 33.2 Å². The van der Waals surface area contributed by atoms with Gasteiger partial charge in [0.05, 0.1) is 18.5 Å². The van der Waals surface area contributed by atoms with Crippen molar-refractivity contribution in [3.8, 4) is 5.75 Å². The van der Waals surface area contributed by atoms with Crippen LogP contribution in [0.2, 0.25) is 0 Å². The minimum absolute atomic E-state index is 0.0769. The number of hydrogen-bond donors (Lipinski definition) is 1. The number of anilines is 2. The number of ether oxygens (including phenoxy) is 1. The molecule has 1 aliphatic carbocycles. The van der Waals surface area contributed by atoms with Crippen molar-refractivity contribution in [1.29, 1.82) is 0 Å². The molecule has 0 unspecified atom stereocenters. The number of carbonyl (C=O) groups is 1. The molecule has 0 fully saturated rings. The van der Waals surface area contributed by atoms with Gasteiger partial charge in [-0.25, -0.2) is 8.42 Å². The zero-order valence-corrected chi connectivity index (χ0v) is 20.1. The molecule has 1 heterocycles. The third kappa shape index (κ3) is 3.84. The highest BCUT2D eigenvalue weighted by molar-refractivity contribution is 7.92. The van der Waals surface area contributed by atoms with E-state index >= 15 is 0 Å². The Bertz CT molecular complexity index is 1380. The minimum atomic E-state index is -3.61. The average molecular weight is 465 g/mol. The van der Waals surface area contributed by atoms with Crippen molar-refractivity contribution in [2.45, 2.75) is 45.1 Å². The van der Waals surface area contributed by atoms with Crippen LogP contribution in [0.5, 0.6) is 5.75 Å². The molecule has 7 heteroatoms. The van der Waals surface area contributed by atoms with Crippen LogP contribution in [0.15, 0.2) is 48.5 Å². The van der Waals surface area contributed by atoms with E-state index in [2.05, 4.69) is 38.2 Å². The van der Waals surface area contributed by atoms with Crippen LogP contribution in [0.3, 0.4) is 0 Å². The van der Waals surface area contributed by atoms with Gasteiger partial charge in [0.25, 0.3) is 5.91 Å². The molecule has 0 spiro atoms. The zero-order valence-electron chi connectivity index (χ0n) is 19.3. The van der Waals surface area contributed by atoms with Crippen LogP contribution in [-0.2, 0) is 33.1 Å². The van der Waals surface area contributed by atoms with E-state index in [1.807, 2.05) is 30.3 Å². The Labute approximate surface area is 194 Å². The van der Waals surface area contributed by atoms with Gasteiger partial charge in [-0.2, -0.15) is 0 Å². The molecule has 2 aliphatic rings. The number of sulfonamides is 1. The molecule has 33 heavy (non-hydrogen) atoms. The lowest BCUT2D eigenvalue weighted by Crippen LogP contribution is -2.48. The summed E-state index contributed by atoms with van der Waals surface area (Å²) in [5.41, 5.74) is 4.61. The smallest absolute Gasteiger partial charge is 0.267 e. The van der Waals surface area contributed by atoms with E-state index in [0.29, 0.717) is 17.1 Å². The summed E-state index contributed by atoms with van der Waals surface area (Å²) >= 11 is 0. The number of rotatable bonds is 3. The van der Waals surface area contributed by atoms with Crippen LogP contribution in [0.25, 0.3) is 10.8 Å². The van der Waals surface area contributed by atoms with Gasteiger partial charge in [0, 0.05) is 11.1 Å². The van der Waals surface area contributed by atoms with Crippen molar-refractivity contribution in [2.75, 3.05) is 22.4 Å². The first kappa shape index (κ1) is 21.8. The quantitative estimate of drug-likeness (QED) is 0.623.